The number of hydrogen-bond donors (Lipinski definition) is 1. The maximum absolute atomic E-state index is 12.7. The molecule has 1 aliphatic rings. The third kappa shape index (κ3) is 3.42. The van der Waals surface area contributed by atoms with Crippen LogP contribution in [0.15, 0.2) is 10.3 Å². The highest BCUT2D eigenvalue weighted by molar-refractivity contribution is 7.91. The molecule has 1 N–H and O–H groups in total. The Morgan fingerprint density at radius 2 is 2.10 bits per heavy atom. The Morgan fingerprint density at radius 3 is 2.65 bits per heavy atom. The first-order valence-electron chi connectivity index (χ1n) is 7.32. The summed E-state index contributed by atoms with van der Waals surface area (Å²) in [7, 11) is -3.30. The van der Waals surface area contributed by atoms with Gasteiger partial charge in [-0.3, -0.25) is 0 Å². The molecule has 0 amide bonds. The fraction of sp³-hybridized carbons (Fsp3) is 0.714. The lowest BCUT2D eigenvalue weighted by atomic mass is 10.3. The summed E-state index contributed by atoms with van der Waals surface area (Å²) in [5.41, 5.74) is 1.07. The van der Waals surface area contributed by atoms with Crippen LogP contribution in [0.25, 0.3) is 0 Å². The van der Waals surface area contributed by atoms with E-state index < -0.39 is 10.0 Å². The van der Waals surface area contributed by atoms with Gasteiger partial charge in [0, 0.05) is 24.0 Å². The summed E-state index contributed by atoms with van der Waals surface area (Å²) in [4.78, 5) is 1.13. The number of aryl methyl sites for hydroxylation is 1. The highest BCUT2D eigenvalue weighted by Gasteiger charge is 2.37. The van der Waals surface area contributed by atoms with Gasteiger partial charge in [-0.15, -0.1) is 11.3 Å². The lowest BCUT2D eigenvalue weighted by molar-refractivity contribution is 0.422. The SMILES string of the molecule is CCCNCc1sc(S(=O)(=O)N(CC)C2CC2)cc1C. The molecule has 0 bridgehead atoms. The molecule has 1 aromatic rings. The van der Waals surface area contributed by atoms with Crippen molar-refractivity contribution in [3.8, 4) is 0 Å². The predicted octanol–water partition coefficient (Wildman–Crippen LogP) is 2.73. The number of sulfonamides is 1. The topological polar surface area (TPSA) is 49.4 Å². The van der Waals surface area contributed by atoms with E-state index in [2.05, 4.69) is 12.2 Å². The Kier molecular flexibility index (Phi) is 5.23. The molecule has 1 aliphatic carbocycles. The summed E-state index contributed by atoms with van der Waals surface area (Å²) in [6, 6.07) is 2.06. The number of hydrogen-bond acceptors (Lipinski definition) is 4. The van der Waals surface area contributed by atoms with Crippen LogP contribution in [-0.4, -0.2) is 31.9 Å². The smallest absolute Gasteiger partial charge is 0.252 e. The summed E-state index contributed by atoms with van der Waals surface area (Å²) in [6.07, 6.45) is 3.09. The van der Waals surface area contributed by atoms with Crippen LogP contribution in [0.4, 0.5) is 0 Å². The van der Waals surface area contributed by atoms with Gasteiger partial charge in [0.05, 0.1) is 0 Å². The molecule has 0 saturated heterocycles. The zero-order chi connectivity index (χ0) is 14.8. The Labute approximate surface area is 126 Å². The van der Waals surface area contributed by atoms with Crippen LogP contribution in [0.3, 0.4) is 0 Å². The molecule has 4 nitrogen and oxygen atoms in total. The number of nitrogens with zero attached hydrogens (tertiary/aromatic N) is 1. The first-order chi connectivity index (χ1) is 9.50. The van der Waals surface area contributed by atoms with Gasteiger partial charge in [0.2, 0.25) is 0 Å². The van der Waals surface area contributed by atoms with E-state index in [1.807, 2.05) is 19.9 Å². The van der Waals surface area contributed by atoms with E-state index in [-0.39, 0.29) is 6.04 Å². The zero-order valence-corrected chi connectivity index (χ0v) is 14.1. The highest BCUT2D eigenvalue weighted by Crippen LogP contribution is 2.35. The first-order valence-corrected chi connectivity index (χ1v) is 9.58. The molecule has 6 heteroatoms. The van der Waals surface area contributed by atoms with Gasteiger partial charge in [-0.2, -0.15) is 4.31 Å². The van der Waals surface area contributed by atoms with Gasteiger partial charge in [-0.25, -0.2) is 8.42 Å². The van der Waals surface area contributed by atoms with Crippen molar-refractivity contribution in [3.05, 3.63) is 16.5 Å². The van der Waals surface area contributed by atoms with Crippen molar-refractivity contribution in [2.45, 2.75) is 56.8 Å². The van der Waals surface area contributed by atoms with Crippen LogP contribution < -0.4 is 5.32 Å². The first kappa shape index (κ1) is 15.9. The maximum Gasteiger partial charge on any atom is 0.252 e. The minimum atomic E-state index is -3.30. The molecule has 1 fully saturated rings. The van der Waals surface area contributed by atoms with Crippen LogP contribution in [-0.2, 0) is 16.6 Å². The quantitative estimate of drug-likeness (QED) is 0.750. The molecule has 0 aliphatic heterocycles. The van der Waals surface area contributed by atoms with E-state index in [0.717, 1.165) is 42.8 Å². The molecule has 0 aromatic carbocycles. The average molecular weight is 316 g/mol. The minimum Gasteiger partial charge on any atom is -0.312 e. The Balaban J connectivity index is 2.17. The molecular weight excluding hydrogens is 292 g/mol. The van der Waals surface area contributed by atoms with E-state index >= 15 is 0 Å². The molecule has 1 aromatic heterocycles. The normalized spacial score (nSPS) is 16.0. The minimum absolute atomic E-state index is 0.231. The summed E-state index contributed by atoms with van der Waals surface area (Å²) in [5, 5.41) is 3.34. The second kappa shape index (κ2) is 6.56. The Hall–Kier alpha value is -0.430. The van der Waals surface area contributed by atoms with E-state index in [1.165, 1.54) is 11.3 Å². The van der Waals surface area contributed by atoms with E-state index in [9.17, 15) is 8.42 Å². The maximum atomic E-state index is 12.7. The molecule has 0 radical (unpaired) electrons. The molecule has 1 heterocycles. The molecule has 2 rings (SSSR count). The van der Waals surface area contributed by atoms with Gasteiger partial charge in [0.15, 0.2) is 0 Å². The fourth-order valence-corrected chi connectivity index (χ4v) is 5.66. The van der Waals surface area contributed by atoms with Crippen molar-refractivity contribution >= 4 is 21.4 Å². The predicted molar refractivity (Wildman–Crippen MR) is 83.6 cm³/mol. The monoisotopic (exact) mass is 316 g/mol. The van der Waals surface area contributed by atoms with Crippen LogP contribution in [0.2, 0.25) is 0 Å². The van der Waals surface area contributed by atoms with Crippen molar-refractivity contribution in [2.24, 2.45) is 0 Å². The van der Waals surface area contributed by atoms with E-state index in [4.69, 9.17) is 0 Å². The number of nitrogens with one attached hydrogen (secondary N) is 1. The summed E-state index contributed by atoms with van der Waals surface area (Å²) in [5.74, 6) is 0. The summed E-state index contributed by atoms with van der Waals surface area (Å²) < 4.78 is 27.5. The largest absolute Gasteiger partial charge is 0.312 e. The van der Waals surface area contributed by atoms with Crippen molar-refractivity contribution in [1.82, 2.24) is 9.62 Å². The molecule has 1 saturated carbocycles. The van der Waals surface area contributed by atoms with Gasteiger partial charge in [-0.1, -0.05) is 13.8 Å². The molecule has 0 unspecified atom stereocenters. The van der Waals surface area contributed by atoms with Gasteiger partial charge in [0.1, 0.15) is 4.21 Å². The second-order valence-corrected chi connectivity index (χ2v) is 8.54. The average Bonchev–Trinajstić information content (AvgIpc) is 3.14. The number of thiophene rings is 1. The van der Waals surface area contributed by atoms with Crippen molar-refractivity contribution in [2.75, 3.05) is 13.1 Å². The zero-order valence-electron chi connectivity index (χ0n) is 12.5. The molecule has 0 atom stereocenters. The van der Waals surface area contributed by atoms with Gasteiger partial charge in [0.25, 0.3) is 10.0 Å². The van der Waals surface area contributed by atoms with Gasteiger partial charge >= 0.3 is 0 Å². The highest BCUT2D eigenvalue weighted by atomic mass is 32.2. The van der Waals surface area contributed by atoms with Crippen LogP contribution in [0.1, 0.15) is 43.6 Å². The Morgan fingerprint density at radius 1 is 1.40 bits per heavy atom. The van der Waals surface area contributed by atoms with Crippen molar-refractivity contribution in [1.29, 1.82) is 0 Å². The van der Waals surface area contributed by atoms with Gasteiger partial charge < -0.3 is 5.32 Å². The third-order valence-corrected chi connectivity index (χ3v) is 7.25. The van der Waals surface area contributed by atoms with E-state index in [0.29, 0.717) is 10.8 Å². The van der Waals surface area contributed by atoms with Gasteiger partial charge in [-0.05, 0) is 44.4 Å². The standard InChI is InChI=1S/C14H24N2O2S2/c1-4-8-15-10-13-11(3)9-14(19-13)20(17,18)16(5-2)12-6-7-12/h9,12,15H,4-8,10H2,1-3H3. The van der Waals surface area contributed by atoms with Crippen molar-refractivity contribution in [3.63, 3.8) is 0 Å². The molecule has 114 valence electrons. The van der Waals surface area contributed by atoms with E-state index in [1.54, 1.807) is 4.31 Å². The molecular formula is C14H24N2O2S2. The lowest BCUT2D eigenvalue weighted by Crippen LogP contribution is -2.32. The summed E-state index contributed by atoms with van der Waals surface area (Å²) in [6.45, 7) is 8.32. The molecule has 0 spiro atoms. The number of rotatable bonds is 8. The lowest BCUT2D eigenvalue weighted by Gasteiger charge is -2.18. The second-order valence-electron chi connectivity index (χ2n) is 5.29. The Bertz CT molecular complexity index is 548. The van der Waals surface area contributed by atoms with Crippen LogP contribution in [0.5, 0.6) is 0 Å². The third-order valence-electron chi connectivity index (χ3n) is 3.54. The summed E-state index contributed by atoms with van der Waals surface area (Å²) >= 11 is 1.41. The fourth-order valence-electron chi connectivity index (χ4n) is 2.27. The van der Waals surface area contributed by atoms with Crippen LogP contribution in [0, 0.1) is 6.92 Å². The van der Waals surface area contributed by atoms with Crippen LogP contribution >= 0.6 is 11.3 Å². The van der Waals surface area contributed by atoms with Crippen molar-refractivity contribution < 1.29 is 8.42 Å². The molecule has 20 heavy (non-hydrogen) atoms.